The molecule has 0 rings (SSSR count). The highest BCUT2D eigenvalue weighted by Crippen LogP contribution is 2.56. The van der Waals surface area contributed by atoms with E-state index in [4.69, 9.17) is 13.5 Å². The molecule has 4 nitrogen and oxygen atoms in total. The van der Waals surface area contributed by atoms with Crippen molar-refractivity contribution in [3.8, 4) is 0 Å². The Morgan fingerprint density at radius 2 is 1.60 bits per heavy atom. The third-order valence-corrected chi connectivity index (χ3v) is 4.26. The molecular weight excluding hydrogens is 231 g/mol. The van der Waals surface area contributed by atoms with Crippen molar-refractivity contribution >= 4 is 15.9 Å². The molecule has 0 saturated carbocycles. The van der Waals surface area contributed by atoms with E-state index in [1.54, 1.807) is 13.8 Å². The van der Waals surface area contributed by atoms with Crippen LogP contribution in [0.15, 0.2) is 12.1 Å². The summed E-state index contributed by atoms with van der Waals surface area (Å²) < 4.78 is 27.9. The third-order valence-electron chi connectivity index (χ3n) is 1.33. The zero-order valence-electron chi connectivity index (χ0n) is 10.2. The van der Waals surface area contributed by atoms with E-state index < -0.39 is 15.9 Å². The van der Waals surface area contributed by atoms with E-state index in [2.05, 4.69) is 6.58 Å². The van der Waals surface area contributed by atoms with Crippen molar-refractivity contribution in [1.82, 2.24) is 0 Å². The minimum absolute atomic E-state index is 0.130. The SMILES string of the molecule is C=C(O[Si](C)(C)C)P(=O)(OCC)OCC. The first-order valence-corrected chi connectivity index (χ1v) is 9.98. The smallest absolute Gasteiger partial charge is 0.393 e. The second-order valence-corrected chi connectivity index (χ2v) is 10.4. The summed E-state index contributed by atoms with van der Waals surface area (Å²) in [5.41, 5.74) is 0.130. The summed E-state index contributed by atoms with van der Waals surface area (Å²) in [6.07, 6.45) is 0. The van der Waals surface area contributed by atoms with E-state index in [1.165, 1.54) is 0 Å². The lowest BCUT2D eigenvalue weighted by Crippen LogP contribution is -2.25. The molecule has 0 aromatic rings. The van der Waals surface area contributed by atoms with Crippen molar-refractivity contribution in [2.75, 3.05) is 13.2 Å². The van der Waals surface area contributed by atoms with Gasteiger partial charge in [-0.25, -0.2) is 0 Å². The van der Waals surface area contributed by atoms with Gasteiger partial charge in [-0.2, -0.15) is 0 Å². The van der Waals surface area contributed by atoms with Crippen LogP contribution in [0.1, 0.15) is 13.8 Å². The molecule has 15 heavy (non-hydrogen) atoms. The Morgan fingerprint density at radius 1 is 1.20 bits per heavy atom. The molecule has 90 valence electrons. The van der Waals surface area contributed by atoms with Crippen molar-refractivity contribution in [2.45, 2.75) is 33.5 Å². The van der Waals surface area contributed by atoms with Gasteiger partial charge in [0.2, 0.25) is 8.32 Å². The Labute approximate surface area is 93.3 Å². The molecule has 0 N–H and O–H groups in total. The maximum Gasteiger partial charge on any atom is 0.393 e. The molecule has 0 heterocycles. The Kier molecular flexibility index (Phi) is 5.81. The molecule has 0 spiro atoms. The third kappa shape index (κ3) is 5.52. The van der Waals surface area contributed by atoms with E-state index in [1.807, 2.05) is 19.6 Å². The molecule has 0 unspecified atom stereocenters. The van der Waals surface area contributed by atoms with E-state index >= 15 is 0 Å². The fourth-order valence-electron chi connectivity index (χ4n) is 0.931. The Morgan fingerprint density at radius 3 is 1.87 bits per heavy atom. The molecule has 0 aliphatic heterocycles. The average molecular weight is 252 g/mol. The largest absolute Gasteiger partial charge is 0.539 e. The molecule has 0 fully saturated rings. The van der Waals surface area contributed by atoms with Crippen LogP contribution < -0.4 is 0 Å². The van der Waals surface area contributed by atoms with Gasteiger partial charge in [0.1, 0.15) is 0 Å². The summed E-state index contributed by atoms with van der Waals surface area (Å²) in [5, 5.41) is 0. The normalized spacial score (nSPS) is 12.6. The van der Waals surface area contributed by atoms with Gasteiger partial charge in [-0.3, -0.25) is 4.57 Å². The van der Waals surface area contributed by atoms with Crippen LogP contribution in [0.5, 0.6) is 0 Å². The molecule has 0 atom stereocenters. The first-order chi connectivity index (χ1) is 6.75. The maximum absolute atomic E-state index is 12.1. The van der Waals surface area contributed by atoms with Crippen molar-refractivity contribution in [3.05, 3.63) is 12.1 Å². The molecule has 0 amide bonds. The Hall–Kier alpha value is -0.0931. The molecule has 0 bridgehead atoms. The van der Waals surface area contributed by atoms with Crippen LogP contribution in [0.3, 0.4) is 0 Å². The molecule has 0 aliphatic rings. The topological polar surface area (TPSA) is 44.8 Å². The van der Waals surface area contributed by atoms with E-state index in [0.717, 1.165) is 0 Å². The van der Waals surface area contributed by atoms with Gasteiger partial charge in [-0.1, -0.05) is 0 Å². The van der Waals surface area contributed by atoms with Crippen LogP contribution in [-0.4, -0.2) is 21.5 Å². The summed E-state index contributed by atoms with van der Waals surface area (Å²) in [4.78, 5) is 0. The van der Waals surface area contributed by atoms with Crippen molar-refractivity contribution in [3.63, 3.8) is 0 Å². The molecule has 0 saturated heterocycles. The highest BCUT2D eigenvalue weighted by atomic mass is 31.2. The highest BCUT2D eigenvalue weighted by Gasteiger charge is 2.33. The van der Waals surface area contributed by atoms with Crippen molar-refractivity contribution in [2.24, 2.45) is 0 Å². The van der Waals surface area contributed by atoms with Crippen LogP contribution in [0.25, 0.3) is 0 Å². The molecule has 0 aromatic carbocycles. The van der Waals surface area contributed by atoms with Crippen LogP contribution >= 0.6 is 7.60 Å². The van der Waals surface area contributed by atoms with Gasteiger partial charge in [0.05, 0.1) is 13.2 Å². The predicted octanol–water partition coefficient (Wildman–Crippen LogP) is 3.58. The fraction of sp³-hybridized carbons (Fsp3) is 0.778. The van der Waals surface area contributed by atoms with Gasteiger partial charge in [0.15, 0.2) is 5.50 Å². The second kappa shape index (κ2) is 5.85. The van der Waals surface area contributed by atoms with Crippen LogP contribution in [0, 0.1) is 0 Å². The van der Waals surface area contributed by atoms with E-state index in [0.29, 0.717) is 13.2 Å². The van der Waals surface area contributed by atoms with Gasteiger partial charge in [-0.05, 0) is 40.1 Å². The predicted molar refractivity (Wildman–Crippen MR) is 64.4 cm³/mol. The van der Waals surface area contributed by atoms with Gasteiger partial charge >= 0.3 is 7.60 Å². The standard InChI is InChI=1S/C9H21O4PSi/c1-7-11-14(10,12-8-2)9(3)13-15(4,5)6/h3,7-8H2,1-2,4-6H3. The molecule has 0 aliphatic carbocycles. The van der Waals surface area contributed by atoms with Crippen LogP contribution in [-0.2, 0) is 18.0 Å². The number of hydrogen-bond acceptors (Lipinski definition) is 4. The number of rotatable bonds is 7. The van der Waals surface area contributed by atoms with Gasteiger partial charge in [0, 0.05) is 0 Å². The Balaban J connectivity index is 4.63. The summed E-state index contributed by atoms with van der Waals surface area (Å²) >= 11 is 0. The monoisotopic (exact) mass is 252 g/mol. The summed E-state index contributed by atoms with van der Waals surface area (Å²) in [5.74, 6) is 0. The van der Waals surface area contributed by atoms with Crippen LogP contribution in [0.2, 0.25) is 19.6 Å². The fourth-order valence-corrected chi connectivity index (χ4v) is 3.95. The summed E-state index contributed by atoms with van der Waals surface area (Å²) in [7, 11) is -5.11. The Bertz CT molecular complexity index is 249. The average Bonchev–Trinajstić information content (AvgIpc) is 2.01. The molecule has 6 heteroatoms. The molecular formula is C9H21O4PSi. The number of hydrogen-bond donors (Lipinski definition) is 0. The second-order valence-electron chi connectivity index (χ2n) is 3.94. The van der Waals surface area contributed by atoms with Crippen molar-refractivity contribution in [1.29, 1.82) is 0 Å². The van der Waals surface area contributed by atoms with E-state index in [-0.39, 0.29) is 5.50 Å². The van der Waals surface area contributed by atoms with Gasteiger partial charge in [0.25, 0.3) is 0 Å². The minimum atomic E-state index is -3.29. The van der Waals surface area contributed by atoms with Crippen molar-refractivity contribution < 1.29 is 18.0 Å². The van der Waals surface area contributed by atoms with Gasteiger partial charge < -0.3 is 13.5 Å². The first-order valence-electron chi connectivity index (χ1n) is 5.02. The quantitative estimate of drug-likeness (QED) is 0.394. The molecule has 0 radical (unpaired) electrons. The summed E-state index contributed by atoms with van der Waals surface area (Å²) in [6.45, 7) is 13.7. The summed E-state index contributed by atoms with van der Waals surface area (Å²) in [6, 6.07) is 0. The minimum Gasteiger partial charge on any atom is -0.539 e. The lowest BCUT2D eigenvalue weighted by Gasteiger charge is -2.25. The molecule has 0 aromatic heterocycles. The lowest BCUT2D eigenvalue weighted by atomic mass is 10.9. The maximum atomic E-state index is 12.1. The van der Waals surface area contributed by atoms with E-state index in [9.17, 15) is 4.57 Å². The van der Waals surface area contributed by atoms with Gasteiger partial charge in [-0.15, -0.1) is 0 Å². The van der Waals surface area contributed by atoms with Crippen LogP contribution in [0.4, 0.5) is 0 Å². The zero-order valence-corrected chi connectivity index (χ0v) is 12.1. The first kappa shape index (κ1) is 14.9. The zero-order chi connectivity index (χ0) is 12.1. The highest BCUT2D eigenvalue weighted by molar-refractivity contribution is 7.58. The lowest BCUT2D eigenvalue weighted by molar-refractivity contribution is 0.213.